The molecule has 2 aromatic carbocycles. The van der Waals surface area contributed by atoms with E-state index in [1.165, 1.54) is 138 Å². The Labute approximate surface area is 259 Å². The number of hydrogen-bond acceptors (Lipinski definition) is 2. The molecule has 2 aliphatic rings. The standard InChI is InChI=1S/C40H62O2/c1-5-7-8-9-10-11-12-14-34-17-21-36(22-18-34)30-42-40-26-23-37(27-32(40)4)39-25-24-38(28-31(39)3)41-29-35-19-15-33(13-6-2)16-20-35/h23-28,33-36H,5-22,29-30H2,1-4H3. The zero-order valence-corrected chi connectivity index (χ0v) is 27.7. The van der Waals surface area contributed by atoms with Crippen LogP contribution in [0.15, 0.2) is 36.4 Å². The van der Waals surface area contributed by atoms with Gasteiger partial charge in [0, 0.05) is 0 Å². The predicted octanol–water partition coefficient (Wildman–Crippen LogP) is 12.3. The smallest absolute Gasteiger partial charge is 0.122 e. The third-order valence-corrected chi connectivity index (χ3v) is 10.5. The number of benzene rings is 2. The molecule has 0 N–H and O–H groups in total. The zero-order valence-electron chi connectivity index (χ0n) is 27.7. The van der Waals surface area contributed by atoms with Crippen LogP contribution >= 0.6 is 0 Å². The summed E-state index contributed by atoms with van der Waals surface area (Å²) in [6.45, 7) is 10.8. The molecule has 2 fully saturated rings. The lowest BCUT2D eigenvalue weighted by atomic mass is 9.80. The lowest BCUT2D eigenvalue weighted by molar-refractivity contribution is 0.177. The van der Waals surface area contributed by atoms with Gasteiger partial charge in [-0.2, -0.15) is 0 Å². The maximum absolute atomic E-state index is 6.39. The number of aryl methyl sites for hydroxylation is 2. The van der Waals surface area contributed by atoms with Crippen molar-refractivity contribution in [1.82, 2.24) is 0 Å². The number of hydrogen-bond donors (Lipinski definition) is 0. The van der Waals surface area contributed by atoms with Crippen LogP contribution in [0.5, 0.6) is 11.5 Å². The molecule has 0 heterocycles. The summed E-state index contributed by atoms with van der Waals surface area (Å²) in [5.41, 5.74) is 5.07. The number of ether oxygens (including phenoxy) is 2. The Kier molecular flexibility index (Phi) is 14.1. The normalized spacial score (nSPS) is 22.7. The van der Waals surface area contributed by atoms with E-state index in [1.54, 1.807) is 0 Å². The van der Waals surface area contributed by atoms with E-state index in [-0.39, 0.29) is 0 Å². The highest BCUT2D eigenvalue weighted by atomic mass is 16.5. The number of rotatable bonds is 17. The minimum Gasteiger partial charge on any atom is -0.493 e. The Morgan fingerprint density at radius 2 is 1.14 bits per heavy atom. The fourth-order valence-electron chi connectivity index (χ4n) is 7.62. The third-order valence-electron chi connectivity index (χ3n) is 10.5. The van der Waals surface area contributed by atoms with Crippen molar-refractivity contribution in [3.63, 3.8) is 0 Å². The van der Waals surface area contributed by atoms with Gasteiger partial charge in [-0.05, 0) is 110 Å². The van der Waals surface area contributed by atoms with E-state index in [1.807, 2.05) is 0 Å². The molecule has 2 nitrogen and oxygen atoms in total. The second-order valence-electron chi connectivity index (χ2n) is 14.1. The van der Waals surface area contributed by atoms with Crippen LogP contribution in [-0.4, -0.2) is 13.2 Å². The van der Waals surface area contributed by atoms with Crippen molar-refractivity contribution in [2.24, 2.45) is 23.7 Å². The molecule has 0 aliphatic heterocycles. The van der Waals surface area contributed by atoms with Gasteiger partial charge in [0.1, 0.15) is 11.5 Å². The number of unbranched alkanes of at least 4 members (excludes halogenated alkanes) is 6. The maximum atomic E-state index is 6.39. The summed E-state index contributed by atoms with van der Waals surface area (Å²) in [4.78, 5) is 0. The van der Waals surface area contributed by atoms with Crippen LogP contribution in [0.3, 0.4) is 0 Å². The van der Waals surface area contributed by atoms with Crippen LogP contribution < -0.4 is 9.47 Å². The van der Waals surface area contributed by atoms with E-state index < -0.39 is 0 Å². The van der Waals surface area contributed by atoms with Crippen molar-refractivity contribution < 1.29 is 9.47 Å². The van der Waals surface area contributed by atoms with Crippen LogP contribution in [0.1, 0.15) is 141 Å². The first kappa shape index (κ1) is 32.9. The fraction of sp³-hybridized carbons (Fsp3) is 0.700. The van der Waals surface area contributed by atoms with Crippen LogP contribution in [0.2, 0.25) is 0 Å². The van der Waals surface area contributed by atoms with E-state index in [0.717, 1.165) is 48.4 Å². The van der Waals surface area contributed by atoms with E-state index in [9.17, 15) is 0 Å². The second kappa shape index (κ2) is 18.0. The first-order chi connectivity index (χ1) is 20.6. The minimum atomic E-state index is 0.718. The summed E-state index contributed by atoms with van der Waals surface area (Å²) in [7, 11) is 0. The molecule has 2 saturated carbocycles. The Bertz CT molecular complexity index is 1030. The molecular weight excluding hydrogens is 512 g/mol. The molecule has 4 rings (SSSR count). The molecule has 0 saturated heterocycles. The van der Waals surface area contributed by atoms with Crippen molar-refractivity contribution in [1.29, 1.82) is 0 Å². The van der Waals surface area contributed by atoms with Crippen molar-refractivity contribution in [2.45, 2.75) is 143 Å². The van der Waals surface area contributed by atoms with Crippen LogP contribution in [-0.2, 0) is 0 Å². The van der Waals surface area contributed by atoms with Gasteiger partial charge >= 0.3 is 0 Å². The van der Waals surface area contributed by atoms with E-state index >= 15 is 0 Å². The summed E-state index contributed by atoms with van der Waals surface area (Å²) in [5, 5.41) is 0. The Hall–Kier alpha value is -1.96. The molecule has 0 amide bonds. The summed E-state index contributed by atoms with van der Waals surface area (Å²) in [6, 6.07) is 13.3. The molecule has 0 spiro atoms. The van der Waals surface area contributed by atoms with E-state index in [2.05, 4.69) is 64.1 Å². The van der Waals surface area contributed by atoms with Gasteiger partial charge in [0.25, 0.3) is 0 Å². The zero-order chi connectivity index (χ0) is 29.6. The molecular formula is C40H62O2. The van der Waals surface area contributed by atoms with Crippen LogP contribution in [0.4, 0.5) is 0 Å². The van der Waals surface area contributed by atoms with Gasteiger partial charge in [-0.1, -0.05) is 116 Å². The Morgan fingerprint density at radius 3 is 1.76 bits per heavy atom. The monoisotopic (exact) mass is 574 g/mol. The largest absolute Gasteiger partial charge is 0.493 e. The highest BCUT2D eigenvalue weighted by molar-refractivity contribution is 5.69. The van der Waals surface area contributed by atoms with E-state index in [0.29, 0.717) is 0 Å². The predicted molar refractivity (Wildman–Crippen MR) is 181 cm³/mol. The SMILES string of the molecule is CCCCCCCCCC1CCC(COc2ccc(-c3ccc(OCC4CCC(CCC)CC4)cc3C)cc2C)CC1. The third kappa shape index (κ3) is 10.6. The van der Waals surface area contributed by atoms with Crippen molar-refractivity contribution in [3.05, 3.63) is 47.5 Å². The maximum Gasteiger partial charge on any atom is 0.122 e. The lowest BCUT2D eigenvalue weighted by Crippen LogP contribution is -2.20. The summed E-state index contributed by atoms with van der Waals surface area (Å²) in [5.74, 6) is 5.42. The van der Waals surface area contributed by atoms with Crippen LogP contribution in [0, 0.1) is 37.5 Å². The average molecular weight is 575 g/mol. The average Bonchev–Trinajstić information content (AvgIpc) is 3.00. The van der Waals surface area contributed by atoms with Crippen molar-refractivity contribution in [3.8, 4) is 22.6 Å². The summed E-state index contributed by atoms with van der Waals surface area (Å²) >= 11 is 0. The molecule has 2 aromatic rings. The molecule has 0 unspecified atom stereocenters. The highest BCUT2D eigenvalue weighted by Gasteiger charge is 2.22. The molecule has 0 aromatic heterocycles. The Morgan fingerprint density at radius 1 is 0.548 bits per heavy atom. The topological polar surface area (TPSA) is 18.5 Å². The van der Waals surface area contributed by atoms with Gasteiger partial charge in [0.2, 0.25) is 0 Å². The molecule has 0 radical (unpaired) electrons. The van der Waals surface area contributed by atoms with Crippen molar-refractivity contribution >= 4 is 0 Å². The quantitative estimate of drug-likeness (QED) is 0.175. The van der Waals surface area contributed by atoms with Gasteiger partial charge < -0.3 is 9.47 Å². The van der Waals surface area contributed by atoms with Gasteiger partial charge in [-0.15, -0.1) is 0 Å². The minimum absolute atomic E-state index is 0.718. The molecule has 234 valence electrons. The molecule has 42 heavy (non-hydrogen) atoms. The fourth-order valence-corrected chi connectivity index (χ4v) is 7.62. The molecule has 2 aliphatic carbocycles. The summed E-state index contributed by atoms with van der Waals surface area (Å²) in [6.07, 6.45) is 25.1. The first-order valence-electron chi connectivity index (χ1n) is 18.0. The van der Waals surface area contributed by atoms with Gasteiger partial charge in [0.15, 0.2) is 0 Å². The lowest BCUT2D eigenvalue weighted by Gasteiger charge is -2.28. The van der Waals surface area contributed by atoms with Crippen LogP contribution in [0.25, 0.3) is 11.1 Å². The summed E-state index contributed by atoms with van der Waals surface area (Å²) < 4.78 is 12.7. The molecule has 0 atom stereocenters. The van der Waals surface area contributed by atoms with Gasteiger partial charge in [0.05, 0.1) is 13.2 Å². The van der Waals surface area contributed by atoms with Crippen molar-refractivity contribution in [2.75, 3.05) is 13.2 Å². The van der Waals surface area contributed by atoms with Gasteiger partial charge in [-0.3, -0.25) is 0 Å². The second-order valence-corrected chi connectivity index (χ2v) is 14.1. The molecule has 2 heteroatoms. The first-order valence-corrected chi connectivity index (χ1v) is 18.0. The highest BCUT2D eigenvalue weighted by Crippen LogP contribution is 2.35. The molecule has 0 bridgehead atoms. The van der Waals surface area contributed by atoms with Gasteiger partial charge in [-0.25, -0.2) is 0 Å². The Balaban J connectivity index is 1.17. The van der Waals surface area contributed by atoms with E-state index in [4.69, 9.17) is 9.47 Å².